The minimum absolute atomic E-state index is 0.0563. The molecule has 1 aromatic carbocycles. The van der Waals surface area contributed by atoms with Crippen molar-refractivity contribution in [3.05, 3.63) is 30.1 Å². The van der Waals surface area contributed by atoms with Crippen LogP contribution in [0.15, 0.2) is 29.2 Å². The van der Waals surface area contributed by atoms with Gasteiger partial charge in [-0.1, -0.05) is 26.7 Å². The molecule has 162 valence electrons. The third-order valence-corrected chi connectivity index (χ3v) is 8.77. The first kappa shape index (κ1) is 22.2. The molecule has 29 heavy (non-hydrogen) atoms. The van der Waals surface area contributed by atoms with Crippen molar-refractivity contribution in [3.8, 4) is 0 Å². The predicted molar refractivity (Wildman–Crippen MR) is 109 cm³/mol. The highest BCUT2D eigenvalue weighted by atomic mass is 32.2. The molecule has 1 saturated carbocycles. The van der Waals surface area contributed by atoms with Gasteiger partial charge in [-0.25, -0.2) is 12.8 Å². The van der Waals surface area contributed by atoms with Crippen LogP contribution in [0.5, 0.6) is 0 Å². The SMILES string of the molecule is C[C@H]1[C@@H](NC(=O)[C@@H](C)[NH+]2CCN(S(=O)(=O)c3ccc(F)cc3)CC2)CCC[C@@H]1C. The lowest BCUT2D eigenvalue weighted by Crippen LogP contribution is -3.19. The lowest BCUT2D eigenvalue weighted by Gasteiger charge is -2.37. The van der Waals surface area contributed by atoms with Gasteiger partial charge in [0.1, 0.15) is 5.82 Å². The van der Waals surface area contributed by atoms with Crippen molar-refractivity contribution in [2.45, 2.75) is 57.0 Å². The van der Waals surface area contributed by atoms with Crippen molar-refractivity contribution in [1.29, 1.82) is 0 Å². The maximum Gasteiger partial charge on any atom is 0.278 e. The lowest BCUT2D eigenvalue weighted by atomic mass is 9.78. The number of amides is 1. The summed E-state index contributed by atoms with van der Waals surface area (Å²) in [5.41, 5.74) is 0. The van der Waals surface area contributed by atoms with Crippen molar-refractivity contribution < 1.29 is 22.5 Å². The summed E-state index contributed by atoms with van der Waals surface area (Å²) in [4.78, 5) is 14.0. The normalized spacial score (nSPS) is 28.1. The quantitative estimate of drug-likeness (QED) is 0.739. The Kier molecular flexibility index (Phi) is 6.96. The van der Waals surface area contributed by atoms with Gasteiger partial charge in [0.15, 0.2) is 6.04 Å². The van der Waals surface area contributed by atoms with Crippen LogP contribution in [-0.4, -0.2) is 56.9 Å². The molecule has 6 nitrogen and oxygen atoms in total. The van der Waals surface area contributed by atoms with Crippen molar-refractivity contribution in [2.24, 2.45) is 11.8 Å². The zero-order valence-electron chi connectivity index (χ0n) is 17.5. The molecule has 0 aromatic heterocycles. The number of quaternary nitrogens is 1. The van der Waals surface area contributed by atoms with Crippen LogP contribution in [0.4, 0.5) is 4.39 Å². The molecule has 3 rings (SSSR count). The van der Waals surface area contributed by atoms with Crippen LogP contribution in [0.2, 0.25) is 0 Å². The first-order valence-corrected chi connectivity index (χ1v) is 12.0. The minimum Gasteiger partial charge on any atom is -0.348 e. The van der Waals surface area contributed by atoms with Crippen LogP contribution >= 0.6 is 0 Å². The Labute approximate surface area is 173 Å². The molecule has 2 fully saturated rings. The number of hydrogen-bond donors (Lipinski definition) is 2. The summed E-state index contributed by atoms with van der Waals surface area (Å²) in [5, 5.41) is 3.24. The number of carbonyl (C=O) groups excluding carboxylic acids is 1. The fraction of sp³-hybridized carbons (Fsp3) is 0.667. The van der Waals surface area contributed by atoms with Gasteiger partial charge in [0.2, 0.25) is 10.0 Å². The molecule has 2 aliphatic rings. The third-order valence-electron chi connectivity index (χ3n) is 6.86. The first-order valence-electron chi connectivity index (χ1n) is 10.6. The van der Waals surface area contributed by atoms with Crippen LogP contribution in [0.1, 0.15) is 40.0 Å². The predicted octanol–water partition coefficient (Wildman–Crippen LogP) is 1.04. The second-order valence-corrected chi connectivity index (χ2v) is 10.6. The Morgan fingerprint density at radius 3 is 2.41 bits per heavy atom. The van der Waals surface area contributed by atoms with E-state index in [1.54, 1.807) is 0 Å². The highest BCUT2D eigenvalue weighted by molar-refractivity contribution is 7.89. The summed E-state index contributed by atoms with van der Waals surface area (Å²) in [6.07, 6.45) is 3.40. The van der Waals surface area contributed by atoms with Gasteiger partial charge in [0, 0.05) is 6.04 Å². The van der Waals surface area contributed by atoms with Crippen LogP contribution in [0.3, 0.4) is 0 Å². The van der Waals surface area contributed by atoms with Crippen molar-refractivity contribution >= 4 is 15.9 Å². The number of hydrogen-bond acceptors (Lipinski definition) is 3. The molecule has 4 atom stereocenters. The molecule has 0 unspecified atom stereocenters. The molecule has 0 spiro atoms. The van der Waals surface area contributed by atoms with Gasteiger partial charge >= 0.3 is 0 Å². The lowest BCUT2D eigenvalue weighted by molar-refractivity contribution is -0.917. The summed E-state index contributed by atoms with van der Waals surface area (Å²) in [7, 11) is -3.63. The second kappa shape index (κ2) is 9.10. The smallest absolute Gasteiger partial charge is 0.278 e. The van der Waals surface area contributed by atoms with Gasteiger partial charge in [-0.05, 0) is 49.4 Å². The standard InChI is InChI=1S/C21H32FN3O3S/c1-15-5-4-6-20(16(15)2)23-21(26)17(3)24-11-13-25(14-12-24)29(27,28)19-9-7-18(22)8-10-19/h7-10,15-17,20H,4-6,11-14H2,1-3H3,(H,23,26)/p+1/t15-,16+,17+,20-/m0/s1. The molecule has 1 aliphatic carbocycles. The molecule has 1 aromatic rings. The number of benzene rings is 1. The van der Waals surface area contributed by atoms with E-state index in [9.17, 15) is 17.6 Å². The largest absolute Gasteiger partial charge is 0.348 e. The Balaban J connectivity index is 1.55. The summed E-state index contributed by atoms with van der Waals surface area (Å²) in [6, 6.07) is 4.93. The third kappa shape index (κ3) is 4.98. The number of nitrogens with zero attached hydrogens (tertiary/aromatic N) is 1. The molecule has 0 radical (unpaired) electrons. The topological polar surface area (TPSA) is 70.9 Å². The van der Waals surface area contributed by atoms with Crippen LogP contribution in [0.25, 0.3) is 0 Å². The number of carbonyl (C=O) groups is 1. The van der Waals surface area contributed by atoms with Crippen LogP contribution in [-0.2, 0) is 14.8 Å². The number of nitrogens with one attached hydrogen (secondary N) is 2. The second-order valence-electron chi connectivity index (χ2n) is 8.62. The molecule has 1 aliphatic heterocycles. The van der Waals surface area contributed by atoms with Crippen LogP contribution in [0, 0.1) is 17.7 Å². The van der Waals surface area contributed by atoms with E-state index in [2.05, 4.69) is 19.2 Å². The van der Waals surface area contributed by atoms with Gasteiger partial charge < -0.3 is 10.2 Å². The average molecular weight is 427 g/mol. The Morgan fingerprint density at radius 2 is 1.79 bits per heavy atom. The van der Waals surface area contributed by atoms with E-state index in [4.69, 9.17) is 0 Å². The van der Waals surface area contributed by atoms with E-state index in [1.807, 2.05) is 6.92 Å². The zero-order valence-corrected chi connectivity index (χ0v) is 18.3. The van der Waals surface area contributed by atoms with Gasteiger partial charge in [0.05, 0.1) is 31.1 Å². The maximum absolute atomic E-state index is 13.1. The fourth-order valence-corrected chi connectivity index (χ4v) is 5.92. The monoisotopic (exact) mass is 426 g/mol. The molecule has 1 saturated heterocycles. The van der Waals surface area contributed by atoms with E-state index >= 15 is 0 Å². The number of sulfonamides is 1. The van der Waals surface area contributed by atoms with Gasteiger partial charge in [-0.2, -0.15) is 4.31 Å². The van der Waals surface area contributed by atoms with E-state index in [0.717, 1.165) is 29.9 Å². The van der Waals surface area contributed by atoms with E-state index in [-0.39, 0.29) is 22.9 Å². The fourth-order valence-electron chi connectivity index (χ4n) is 4.48. The minimum atomic E-state index is -3.63. The Bertz CT molecular complexity index is 807. The molecular formula is C21H33FN3O3S+. The van der Waals surface area contributed by atoms with Crippen molar-refractivity contribution in [2.75, 3.05) is 26.2 Å². The summed E-state index contributed by atoms with van der Waals surface area (Å²) in [5.74, 6) is 0.699. The van der Waals surface area contributed by atoms with Crippen LogP contribution < -0.4 is 10.2 Å². The zero-order chi connectivity index (χ0) is 21.2. The van der Waals surface area contributed by atoms with E-state index < -0.39 is 15.8 Å². The summed E-state index contributed by atoms with van der Waals surface area (Å²) in [6.45, 7) is 8.24. The Hall–Kier alpha value is -1.51. The highest BCUT2D eigenvalue weighted by Crippen LogP contribution is 2.29. The van der Waals surface area contributed by atoms with Gasteiger partial charge in [-0.15, -0.1) is 0 Å². The average Bonchev–Trinajstić information content (AvgIpc) is 2.71. The van der Waals surface area contributed by atoms with Crippen molar-refractivity contribution in [3.63, 3.8) is 0 Å². The molecule has 1 heterocycles. The molecular weight excluding hydrogens is 393 g/mol. The van der Waals surface area contributed by atoms with E-state index in [0.29, 0.717) is 38.0 Å². The Morgan fingerprint density at radius 1 is 1.17 bits per heavy atom. The summed E-state index contributed by atoms with van der Waals surface area (Å²) < 4.78 is 40.0. The highest BCUT2D eigenvalue weighted by Gasteiger charge is 2.36. The maximum atomic E-state index is 13.1. The molecule has 8 heteroatoms. The van der Waals surface area contributed by atoms with Gasteiger partial charge in [-0.3, -0.25) is 4.79 Å². The van der Waals surface area contributed by atoms with E-state index in [1.165, 1.54) is 22.9 Å². The number of piperazine rings is 1. The molecule has 1 amide bonds. The van der Waals surface area contributed by atoms with Gasteiger partial charge in [0.25, 0.3) is 5.91 Å². The summed E-state index contributed by atoms with van der Waals surface area (Å²) >= 11 is 0. The molecule has 0 bridgehead atoms. The first-order chi connectivity index (χ1) is 13.7. The number of halogens is 1. The molecule has 2 N–H and O–H groups in total. The van der Waals surface area contributed by atoms with Crippen molar-refractivity contribution in [1.82, 2.24) is 9.62 Å². The number of rotatable bonds is 5.